The first-order valence-electron chi connectivity index (χ1n) is 6.07. The van der Waals surface area contributed by atoms with E-state index in [1.165, 1.54) is 30.7 Å². The fraction of sp³-hybridized carbons (Fsp3) is 1.00. The van der Waals surface area contributed by atoms with Crippen molar-refractivity contribution in [1.82, 2.24) is 3.90 Å². The van der Waals surface area contributed by atoms with E-state index in [0.29, 0.717) is 29.0 Å². The highest BCUT2D eigenvalue weighted by atomic mass is 28.4. The molecule has 0 heterocycles. The molecule has 0 aliphatic carbocycles. The summed E-state index contributed by atoms with van der Waals surface area (Å²) in [6.07, 6.45) is 0. The zero-order chi connectivity index (χ0) is 9.94. The molecule has 0 radical (unpaired) electrons. The molecule has 13 heavy (non-hydrogen) atoms. The van der Waals surface area contributed by atoms with E-state index in [1.54, 1.807) is 36.3 Å². The Kier molecular flexibility index (Phi) is 12.4. The molecule has 0 aromatic carbocycles. The SMILES string of the molecule is [SiH3]CC[SiH2]N([SiH2]CC[SiH3])[SiH2]CC[SiH3]. The van der Waals surface area contributed by atoms with Gasteiger partial charge in [0.1, 0.15) is 0 Å². The Balaban J connectivity index is 3.47. The van der Waals surface area contributed by atoms with Crippen molar-refractivity contribution < 1.29 is 0 Å². The molecule has 0 bridgehead atoms. The van der Waals surface area contributed by atoms with E-state index in [2.05, 4.69) is 3.90 Å². The molecule has 0 aromatic heterocycles. The molecule has 80 valence electrons. The number of nitrogens with zero attached hydrogens (tertiary/aromatic N) is 1. The van der Waals surface area contributed by atoms with Crippen molar-refractivity contribution in [3.05, 3.63) is 0 Å². The lowest BCUT2D eigenvalue weighted by atomic mass is 11.0. The predicted molar refractivity (Wildman–Crippen MR) is 86.1 cm³/mol. The minimum Gasteiger partial charge on any atom is -0.383 e. The molecule has 0 atom stereocenters. The maximum absolute atomic E-state index is 3.12. The van der Waals surface area contributed by atoms with Crippen molar-refractivity contribution in [3.8, 4) is 0 Å². The molecule has 0 fully saturated rings. The molecule has 0 N–H and O–H groups in total. The Hall–Kier alpha value is 1.26. The van der Waals surface area contributed by atoms with Crippen LogP contribution in [0.4, 0.5) is 0 Å². The Labute approximate surface area is 99.8 Å². The Morgan fingerprint density at radius 1 is 0.692 bits per heavy atom. The highest BCUT2D eigenvalue weighted by Crippen LogP contribution is 1.97. The van der Waals surface area contributed by atoms with Gasteiger partial charge in [-0.25, -0.2) is 0 Å². The molecular weight excluding hydrogens is 255 g/mol. The minimum atomic E-state index is 0.307. The van der Waals surface area contributed by atoms with Gasteiger partial charge in [0.2, 0.25) is 0 Å². The summed E-state index contributed by atoms with van der Waals surface area (Å²) in [5.74, 6) is 0. The van der Waals surface area contributed by atoms with E-state index in [0.717, 1.165) is 0 Å². The molecule has 0 aliphatic rings. The van der Waals surface area contributed by atoms with Crippen molar-refractivity contribution >= 4 is 59.8 Å². The fourth-order valence-electron chi connectivity index (χ4n) is 1.48. The van der Waals surface area contributed by atoms with Gasteiger partial charge >= 0.3 is 0 Å². The van der Waals surface area contributed by atoms with Gasteiger partial charge in [0.15, 0.2) is 0 Å². The summed E-state index contributed by atoms with van der Waals surface area (Å²) < 4.78 is 3.12. The van der Waals surface area contributed by atoms with E-state index >= 15 is 0 Å². The normalized spacial score (nSPS) is 14.5. The van der Waals surface area contributed by atoms with E-state index < -0.39 is 0 Å². The van der Waals surface area contributed by atoms with Gasteiger partial charge in [0, 0.05) is 30.7 Å². The molecule has 1 nitrogen and oxygen atoms in total. The monoisotopic (exact) mass is 281 g/mol. The van der Waals surface area contributed by atoms with Crippen molar-refractivity contribution in [2.45, 2.75) is 36.3 Å². The van der Waals surface area contributed by atoms with Gasteiger partial charge < -0.3 is 3.90 Å². The fourth-order valence-corrected chi connectivity index (χ4v) is 13.3. The highest BCUT2D eigenvalue weighted by Gasteiger charge is 2.03. The van der Waals surface area contributed by atoms with Crippen LogP contribution in [0.5, 0.6) is 0 Å². The lowest BCUT2D eigenvalue weighted by Crippen LogP contribution is -2.34. The van der Waals surface area contributed by atoms with Crippen LogP contribution < -0.4 is 0 Å². The Morgan fingerprint density at radius 3 is 1.23 bits per heavy atom. The smallest absolute Gasteiger partial charge is 0.0798 e. The van der Waals surface area contributed by atoms with E-state index in [9.17, 15) is 0 Å². The van der Waals surface area contributed by atoms with Crippen LogP contribution in [0.3, 0.4) is 0 Å². The number of rotatable bonds is 9. The van der Waals surface area contributed by atoms with Gasteiger partial charge in [-0.15, -0.1) is 0 Å². The average molecular weight is 282 g/mol. The van der Waals surface area contributed by atoms with Crippen LogP contribution in [0.1, 0.15) is 0 Å². The van der Waals surface area contributed by atoms with Gasteiger partial charge in [-0.05, 0) is 0 Å². The second-order valence-corrected chi connectivity index (χ2v) is 15.7. The molecule has 0 unspecified atom stereocenters. The molecule has 0 saturated carbocycles. The van der Waals surface area contributed by atoms with Crippen LogP contribution in [0.2, 0.25) is 36.3 Å². The molecule has 0 amide bonds. The molecule has 0 rings (SSSR count). The second kappa shape index (κ2) is 11.3. The third-order valence-corrected chi connectivity index (χ3v) is 19.5. The van der Waals surface area contributed by atoms with Crippen molar-refractivity contribution in [3.63, 3.8) is 0 Å². The zero-order valence-corrected chi connectivity index (χ0v) is 20.1. The number of hydrogen-bond acceptors (Lipinski definition) is 1. The summed E-state index contributed by atoms with van der Waals surface area (Å²) in [6, 6.07) is 9.76. The Bertz CT molecular complexity index is 84.1. The lowest BCUT2D eigenvalue weighted by Gasteiger charge is -2.21. The maximum Gasteiger partial charge on any atom is 0.0798 e. The summed E-state index contributed by atoms with van der Waals surface area (Å²) in [7, 11) is 5.29. The summed E-state index contributed by atoms with van der Waals surface area (Å²) in [5.41, 5.74) is 0. The molecular formula is C6H27NSi6. The van der Waals surface area contributed by atoms with Crippen LogP contribution in [-0.2, 0) is 0 Å². The van der Waals surface area contributed by atoms with Gasteiger partial charge in [-0.2, -0.15) is 0 Å². The van der Waals surface area contributed by atoms with Crippen molar-refractivity contribution in [1.29, 1.82) is 0 Å². The van der Waals surface area contributed by atoms with Crippen LogP contribution in [0, 0.1) is 0 Å². The van der Waals surface area contributed by atoms with Crippen LogP contribution in [0.25, 0.3) is 0 Å². The Morgan fingerprint density at radius 2 is 1.00 bits per heavy atom. The van der Waals surface area contributed by atoms with Gasteiger partial charge in [0.05, 0.1) is 29.0 Å². The molecule has 0 aromatic rings. The molecule has 0 saturated heterocycles. The highest BCUT2D eigenvalue weighted by molar-refractivity contribution is 6.66. The van der Waals surface area contributed by atoms with Crippen molar-refractivity contribution in [2.24, 2.45) is 0 Å². The third-order valence-electron chi connectivity index (χ3n) is 2.48. The molecule has 0 aliphatic heterocycles. The standard InChI is InChI=1S/C6H27NSi6/c8-1-4-11-7(12-5-2-9)13-6-3-10/h1-6,11-13H2,8-10H3. The zero-order valence-electron chi connectivity index (χ0n) is 9.81. The first-order valence-corrected chi connectivity index (χ1v) is 15.2. The van der Waals surface area contributed by atoms with E-state index in [4.69, 9.17) is 0 Å². The first kappa shape index (κ1) is 14.3. The van der Waals surface area contributed by atoms with Gasteiger partial charge in [-0.1, -0.05) is 36.3 Å². The quantitative estimate of drug-likeness (QED) is 0.391. The summed E-state index contributed by atoms with van der Waals surface area (Å²) in [4.78, 5) is 0. The number of hydrogen-bond donors (Lipinski definition) is 0. The summed E-state index contributed by atoms with van der Waals surface area (Å²) in [5, 5.41) is 0. The molecule has 7 heteroatoms. The van der Waals surface area contributed by atoms with Crippen LogP contribution in [0.15, 0.2) is 0 Å². The second-order valence-electron chi connectivity index (χ2n) is 3.90. The summed E-state index contributed by atoms with van der Waals surface area (Å²) in [6.45, 7) is 0. The maximum atomic E-state index is 3.12. The third kappa shape index (κ3) is 9.56. The van der Waals surface area contributed by atoms with Crippen molar-refractivity contribution in [2.75, 3.05) is 0 Å². The first-order chi connectivity index (χ1) is 6.35. The largest absolute Gasteiger partial charge is 0.383 e. The topological polar surface area (TPSA) is 3.24 Å². The lowest BCUT2D eigenvalue weighted by molar-refractivity contribution is 1.03. The predicted octanol–water partition coefficient (Wildman–Crippen LogP) is -3.85. The summed E-state index contributed by atoms with van der Waals surface area (Å²) >= 11 is 0. The van der Waals surface area contributed by atoms with Crippen LogP contribution in [-0.4, -0.2) is 63.7 Å². The van der Waals surface area contributed by atoms with E-state index in [1.807, 2.05) is 0 Å². The van der Waals surface area contributed by atoms with E-state index in [-0.39, 0.29) is 0 Å². The van der Waals surface area contributed by atoms with Gasteiger partial charge in [-0.3, -0.25) is 0 Å². The van der Waals surface area contributed by atoms with Crippen LogP contribution >= 0.6 is 0 Å². The minimum absolute atomic E-state index is 0.307. The average Bonchev–Trinajstić information content (AvgIpc) is 2.17. The molecule has 0 spiro atoms. The van der Waals surface area contributed by atoms with Gasteiger partial charge in [0.25, 0.3) is 0 Å².